The number of alkyl halides is 3. The molecular formula is C14H16F3NO. The minimum atomic E-state index is -4.16. The molecule has 0 amide bonds. The topological polar surface area (TPSA) is 21.3 Å². The maximum atomic E-state index is 13.0. The van der Waals surface area contributed by atoms with Gasteiger partial charge in [-0.25, -0.2) is 0 Å². The Morgan fingerprint density at radius 3 is 2.63 bits per heavy atom. The zero-order valence-corrected chi connectivity index (χ0v) is 10.7. The van der Waals surface area contributed by atoms with Crippen LogP contribution in [0.3, 0.4) is 0 Å². The van der Waals surface area contributed by atoms with Crippen molar-refractivity contribution in [3.05, 3.63) is 29.3 Å². The van der Waals surface area contributed by atoms with Gasteiger partial charge in [0.15, 0.2) is 0 Å². The summed E-state index contributed by atoms with van der Waals surface area (Å²) in [6.07, 6.45) is -2.24. The van der Waals surface area contributed by atoms with E-state index in [0.717, 1.165) is 24.0 Å². The molecule has 1 aromatic carbocycles. The van der Waals surface area contributed by atoms with Crippen LogP contribution in [0.4, 0.5) is 13.2 Å². The lowest BCUT2D eigenvalue weighted by molar-refractivity contribution is -0.168. The summed E-state index contributed by atoms with van der Waals surface area (Å²) < 4.78 is 44.1. The van der Waals surface area contributed by atoms with E-state index in [9.17, 15) is 13.2 Å². The van der Waals surface area contributed by atoms with Gasteiger partial charge in [-0.1, -0.05) is 6.07 Å². The fraction of sp³-hybridized carbons (Fsp3) is 0.571. The number of hydrogen-bond acceptors (Lipinski definition) is 2. The molecule has 1 N–H and O–H groups in total. The number of halogens is 3. The third-order valence-electron chi connectivity index (χ3n) is 4.17. The summed E-state index contributed by atoms with van der Waals surface area (Å²) in [6, 6.07) is 5.45. The van der Waals surface area contributed by atoms with Gasteiger partial charge in [-0.05, 0) is 48.9 Å². The van der Waals surface area contributed by atoms with Crippen LogP contribution in [0.15, 0.2) is 18.2 Å². The molecule has 104 valence electrons. The fourth-order valence-corrected chi connectivity index (χ4v) is 2.83. The molecule has 0 bridgehead atoms. The van der Waals surface area contributed by atoms with Gasteiger partial charge in [0.25, 0.3) is 0 Å². The van der Waals surface area contributed by atoms with Crippen LogP contribution in [0.1, 0.15) is 36.4 Å². The predicted octanol–water partition coefficient (Wildman–Crippen LogP) is 3.37. The summed E-state index contributed by atoms with van der Waals surface area (Å²) >= 11 is 0. The Balaban J connectivity index is 1.83. The van der Waals surface area contributed by atoms with Gasteiger partial charge in [-0.2, -0.15) is 13.2 Å². The van der Waals surface area contributed by atoms with E-state index in [-0.39, 0.29) is 18.9 Å². The number of benzene rings is 1. The van der Waals surface area contributed by atoms with Crippen molar-refractivity contribution in [3.8, 4) is 5.75 Å². The van der Waals surface area contributed by atoms with E-state index >= 15 is 0 Å². The molecule has 0 heterocycles. The maximum Gasteiger partial charge on any atom is 0.406 e. The average Bonchev–Trinajstić information content (AvgIpc) is 3.05. The molecule has 0 saturated heterocycles. The van der Waals surface area contributed by atoms with Crippen molar-refractivity contribution in [1.82, 2.24) is 5.32 Å². The molecule has 1 aromatic rings. The minimum Gasteiger partial charge on any atom is -0.497 e. The Morgan fingerprint density at radius 1 is 1.32 bits per heavy atom. The number of rotatable bonds is 3. The third-order valence-corrected chi connectivity index (χ3v) is 4.17. The third kappa shape index (κ3) is 2.10. The molecule has 1 saturated carbocycles. The number of hydrogen-bond donors (Lipinski definition) is 1. The van der Waals surface area contributed by atoms with Crippen molar-refractivity contribution in [2.75, 3.05) is 7.11 Å². The van der Waals surface area contributed by atoms with Gasteiger partial charge < -0.3 is 4.74 Å². The van der Waals surface area contributed by atoms with Crippen LogP contribution in [0, 0.1) is 0 Å². The van der Waals surface area contributed by atoms with E-state index in [1.807, 2.05) is 18.2 Å². The van der Waals surface area contributed by atoms with E-state index in [0.29, 0.717) is 5.75 Å². The van der Waals surface area contributed by atoms with Crippen molar-refractivity contribution in [2.24, 2.45) is 0 Å². The molecule has 1 atom stereocenters. The Hall–Kier alpha value is -1.23. The van der Waals surface area contributed by atoms with Gasteiger partial charge in [0.1, 0.15) is 11.3 Å². The molecule has 2 aliphatic carbocycles. The number of ether oxygens (including phenoxy) is 1. The van der Waals surface area contributed by atoms with Crippen LogP contribution in [0.5, 0.6) is 5.75 Å². The lowest BCUT2D eigenvalue weighted by Crippen LogP contribution is -2.46. The van der Waals surface area contributed by atoms with Crippen molar-refractivity contribution < 1.29 is 17.9 Å². The standard InChI is InChI=1S/C14H16F3NO/c1-19-10-4-2-9-3-5-12(11(9)8-10)18-13(6-7-13)14(15,16)17/h2,4,8,12,18H,3,5-7H2,1H3. The number of nitrogens with one attached hydrogen (secondary N) is 1. The van der Waals surface area contributed by atoms with Crippen molar-refractivity contribution in [2.45, 2.75) is 43.4 Å². The largest absolute Gasteiger partial charge is 0.497 e. The molecule has 0 aromatic heterocycles. The summed E-state index contributed by atoms with van der Waals surface area (Å²) in [5.41, 5.74) is 0.425. The highest BCUT2D eigenvalue weighted by atomic mass is 19.4. The first-order valence-corrected chi connectivity index (χ1v) is 6.46. The zero-order valence-electron chi connectivity index (χ0n) is 10.7. The van der Waals surface area contributed by atoms with Crippen molar-refractivity contribution in [3.63, 3.8) is 0 Å². The van der Waals surface area contributed by atoms with Gasteiger partial charge in [0.2, 0.25) is 0 Å². The first-order valence-electron chi connectivity index (χ1n) is 6.46. The summed E-state index contributed by atoms with van der Waals surface area (Å²) in [6.45, 7) is 0. The quantitative estimate of drug-likeness (QED) is 0.910. The summed E-state index contributed by atoms with van der Waals surface area (Å²) in [5, 5.41) is 2.83. The second-order valence-corrected chi connectivity index (χ2v) is 5.38. The highest BCUT2D eigenvalue weighted by Gasteiger charge is 2.64. The molecule has 0 radical (unpaired) electrons. The van der Waals surface area contributed by atoms with Gasteiger partial charge >= 0.3 is 6.18 Å². The zero-order chi connectivity index (χ0) is 13.7. The van der Waals surface area contributed by atoms with Crippen LogP contribution >= 0.6 is 0 Å². The van der Waals surface area contributed by atoms with Gasteiger partial charge in [0, 0.05) is 6.04 Å². The van der Waals surface area contributed by atoms with E-state index in [1.54, 1.807) is 7.11 Å². The smallest absolute Gasteiger partial charge is 0.406 e. The first-order chi connectivity index (χ1) is 8.95. The molecule has 1 unspecified atom stereocenters. The molecule has 1 fully saturated rings. The molecule has 2 nitrogen and oxygen atoms in total. The van der Waals surface area contributed by atoms with Gasteiger partial charge in [-0.3, -0.25) is 5.32 Å². The SMILES string of the molecule is COc1ccc2c(c1)C(NC1(C(F)(F)F)CC1)CC2. The Kier molecular flexibility index (Phi) is 2.78. The number of aryl methyl sites for hydroxylation is 1. The molecule has 5 heteroatoms. The number of fused-ring (bicyclic) bond motifs is 1. The monoisotopic (exact) mass is 271 g/mol. The average molecular weight is 271 g/mol. The highest BCUT2D eigenvalue weighted by molar-refractivity contribution is 5.41. The fourth-order valence-electron chi connectivity index (χ4n) is 2.83. The van der Waals surface area contributed by atoms with E-state index in [1.165, 1.54) is 0 Å². The van der Waals surface area contributed by atoms with Crippen LogP contribution < -0.4 is 10.1 Å². The highest BCUT2D eigenvalue weighted by Crippen LogP contribution is 2.51. The normalized spacial score (nSPS) is 24.1. The predicted molar refractivity (Wildman–Crippen MR) is 65.2 cm³/mol. The van der Waals surface area contributed by atoms with E-state index < -0.39 is 11.7 Å². The molecule has 2 aliphatic rings. The Labute approximate surface area is 109 Å². The summed E-state index contributed by atoms with van der Waals surface area (Å²) in [5.74, 6) is 0.698. The second-order valence-electron chi connectivity index (χ2n) is 5.38. The lowest BCUT2D eigenvalue weighted by atomic mass is 10.1. The molecular weight excluding hydrogens is 255 g/mol. The van der Waals surface area contributed by atoms with Crippen LogP contribution in [0.25, 0.3) is 0 Å². The minimum absolute atomic E-state index is 0.187. The first kappa shape index (κ1) is 12.8. The summed E-state index contributed by atoms with van der Waals surface area (Å²) in [7, 11) is 1.57. The molecule has 0 spiro atoms. The number of methoxy groups -OCH3 is 1. The molecule has 19 heavy (non-hydrogen) atoms. The van der Waals surface area contributed by atoms with E-state index in [2.05, 4.69) is 5.32 Å². The summed E-state index contributed by atoms with van der Waals surface area (Å²) in [4.78, 5) is 0. The molecule has 3 rings (SSSR count). The Bertz CT molecular complexity index is 494. The van der Waals surface area contributed by atoms with Crippen molar-refractivity contribution in [1.29, 1.82) is 0 Å². The second kappa shape index (κ2) is 4.13. The van der Waals surface area contributed by atoms with Crippen LogP contribution in [0.2, 0.25) is 0 Å². The Morgan fingerprint density at radius 2 is 2.05 bits per heavy atom. The lowest BCUT2D eigenvalue weighted by Gasteiger charge is -2.25. The molecule has 0 aliphatic heterocycles. The van der Waals surface area contributed by atoms with Crippen LogP contribution in [-0.4, -0.2) is 18.8 Å². The maximum absolute atomic E-state index is 13.0. The van der Waals surface area contributed by atoms with Crippen molar-refractivity contribution >= 4 is 0 Å². The van der Waals surface area contributed by atoms with Crippen LogP contribution in [-0.2, 0) is 6.42 Å². The van der Waals surface area contributed by atoms with Gasteiger partial charge in [-0.15, -0.1) is 0 Å². The van der Waals surface area contributed by atoms with E-state index in [4.69, 9.17) is 4.74 Å². The van der Waals surface area contributed by atoms with Gasteiger partial charge in [0.05, 0.1) is 7.11 Å².